The van der Waals surface area contributed by atoms with Crippen LogP contribution in [0.15, 0.2) is 53.4 Å². The van der Waals surface area contributed by atoms with Crippen LogP contribution in [0.1, 0.15) is 21.5 Å². The summed E-state index contributed by atoms with van der Waals surface area (Å²) in [5.41, 5.74) is 2.31. The zero-order valence-electron chi connectivity index (χ0n) is 12.4. The molecule has 116 valence electrons. The van der Waals surface area contributed by atoms with Crippen LogP contribution in [0.2, 0.25) is 0 Å². The lowest BCUT2D eigenvalue weighted by atomic mass is 10.1. The first-order valence-corrected chi connectivity index (χ1v) is 8.17. The third-order valence-electron chi connectivity index (χ3n) is 3.12. The molecule has 0 aliphatic heterocycles. The van der Waals surface area contributed by atoms with E-state index in [2.05, 4.69) is 4.72 Å². The van der Waals surface area contributed by atoms with Gasteiger partial charge in [0.25, 0.3) is 0 Å². The Morgan fingerprint density at radius 1 is 1.14 bits per heavy atom. The molecule has 0 fully saturated rings. The van der Waals surface area contributed by atoms with E-state index in [1.807, 2.05) is 31.2 Å². The number of ether oxygens (including phenoxy) is 1. The van der Waals surface area contributed by atoms with Gasteiger partial charge in [-0.1, -0.05) is 29.8 Å². The number of benzene rings is 2. The van der Waals surface area contributed by atoms with Crippen LogP contribution < -0.4 is 4.72 Å². The fourth-order valence-electron chi connectivity index (χ4n) is 1.92. The molecule has 0 saturated heterocycles. The highest BCUT2D eigenvalue weighted by molar-refractivity contribution is 7.89. The number of rotatable bonds is 5. The normalized spacial score (nSPS) is 11.2. The van der Waals surface area contributed by atoms with Gasteiger partial charge in [0.2, 0.25) is 10.0 Å². The number of aryl methyl sites for hydroxylation is 1. The molecular formula is C16H17NO4S. The monoisotopic (exact) mass is 319 g/mol. The summed E-state index contributed by atoms with van der Waals surface area (Å²) in [6, 6.07) is 13.3. The first kappa shape index (κ1) is 16.2. The molecule has 0 atom stereocenters. The average Bonchev–Trinajstić information content (AvgIpc) is 2.53. The summed E-state index contributed by atoms with van der Waals surface area (Å²) in [5, 5.41) is 0. The van der Waals surface area contributed by atoms with Crippen LogP contribution in [0.3, 0.4) is 0 Å². The third kappa shape index (κ3) is 3.93. The van der Waals surface area contributed by atoms with E-state index < -0.39 is 16.0 Å². The molecule has 22 heavy (non-hydrogen) atoms. The molecule has 0 unspecified atom stereocenters. The molecule has 0 heterocycles. The summed E-state index contributed by atoms with van der Waals surface area (Å²) in [6.07, 6.45) is 0. The number of carbonyl (C=O) groups excluding carboxylic acids is 1. The van der Waals surface area contributed by atoms with Crippen LogP contribution in [0.5, 0.6) is 0 Å². The summed E-state index contributed by atoms with van der Waals surface area (Å²) in [4.78, 5) is 12.0. The standard InChI is InChI=1S/C16H17NO4S/c1-12-4-3-5-13(10-12)11-21-16(18)14-6-8-15(9-7-14)22(19,20)17-2/h3-10,17H,11H2,1-2H3. The Labute approximate surface area is 130 Å². The molecule has 0 aliphatic carbocycles. The molecule has 0 bridgehead atoms. The Hall–Kier alpha value is -2.18. The van der Waals surface area contributed by atoms with Gasteiger partial charge >= 0.3 is 5.97 Å². The Bertz CT molecular complexity index is 767. The number of sulfonamides is 1. The third-order valence-corrected chi connectivity index (χ3v) is 4.55. The molecule has 0 saturated carbocycles. The number of nitrogens with one attached hydrogen (secondary N) is 1. The van der Waals surface area contributed by atoms with E-state index in [0.29, 0.717) is 5.56 Å². The molecule has 0 radical (unpaired) electrons. The van der Waals surface area contributed by atoms with Crippen molar-refractivity contribution >= 4 is 16.0 Å². The van der Waals surface area contributed by atoms with Crippen LogP contribution in [-0.4, -0.2) is 21.4 Å². The van der Waals surface area contributed by atoms with Crippen LogP contribution in [0.4, 0.5) is 0 Å². The predicted octanol–water partition coefficient (Wildman–Crippen LogP) is 2.26. The number of carbonyl (C=O) groups is 1. The highest BCUT2D eigenvalue weighted by Gasteiger charge is 2.13. The number of hydrogen-bond donors (Lipinski definition) is 1. The van der Waals surface area contributed by atoms with Crippen molar-refractivity contribution in [1.82, 2.24) is 4.72 Å². The van der Waals surface area contributed by atoms with Crippen molar-refractivity contribution in [2.24, 2.45) is 0 Å². The zero-order valence-corrected chi connectivity index (χ0v) is 13.2. The quantitative estimate of drug-likeness (QED) is 0.858. The van der Waals surface area contributed by atoms with Crippen molar-refractivity contribution in [3.63, 3.8) is 0 Å². The Morgan fingerprint density at radius 2 is 1.82 bits per heavy atom. The fraction of sp³-hybridized carbons (Fsp3) is 0.188. The van der Waals surface area contributed by atoms with Gasteiger partial charge in [-0.15, -0.1) is 0 Å². The molecule has 2 rings (SSSR count). The predicted molar refractivity (Wildman–Crippen MR) is 83.0 cm³/mol. The Balaban J connectivity index is 2.04. The van der Waals surface area contributed by atoms with E-state index in [9.17, 15) is 13.2 Å². The van der Waals surface area contributed by atoms with Crippen LogP contribution in [-0.2, 0) is 21.4 Å². The molecule has 0 amide bonds. The summed E-state index contributed by atoms with van der Waals surface area (Å²) in [5.74, 6) is -0.491. The minimum Gasteiger partial charge on any atom is -0.457 e. The zero-order chi connectivity index (χ0) is 16.2. The van der Waals surface area contributed by atoms with Gasteiger partial charge in [-0.2, -0.15) is 0 Å². The molecule has 0 aromatic heterocycles. The minimum atomic E-state index is -3.50. The van der Waals surface area contributed by atoms with Gasteiger partial charge in [0.05, 0.1) is 10.5 Å². The lowest BCUT2D eigenvalue weighted by Crippen LogP contribution is -2.18. The van der Waals surface area contributed by atoms with E-state index in [0.717, 1.165) is 11.1 Å². The highest BCUT2D eigenvalue weighted by atomic mass is 32.2. The summed E-state index contributed by atoms with van der Waals surface area (Å²) < 4.78 is 30.6. The van der Waals surface area contributed by atoms with Gasteiger partial charge in [0.15, 0.2) is 0 Å². The molecule has 0 aliphatic rings. The van der Waals surface area contributed by atoms with E-state index in [1.165, 1.54) is 31.3 Å². The molecule has 6 heteroatoms. The van der Waals surface area contributed by atoms with Crippen LogP contribution in [0.25, 0.3) is 0 Å². The van der Waals surface area contributed by atoms with Gasteiger partial charge in [-0.3, -0.25) is 0 Å². The summed E-state index contributed by atoms with van der Waals surface area (Å²) in [7, 11) is -2.17. The van der Waals surface area contributed by atoms with Crippen molar-refractivity contribution in [3.8, 4) is 0 Å². The highest BCUT2D eigenvalue weighted by Crippen LogP contribution is 2.12. The maximum atomic E-state index is 11.9. The van der Waals surface area contributed by atoms with Gasteiger partial charge in [-0.25, -0.2) is 17.9 Å². The van der Waals surface area contributed by atoms with E-state index in [1.54, 1.807) is 0 Å². The molecule has 2 aromatic carbocycles. The lowest BCUT2D eigenvalue weighted by molar-refractivity contribution is 0.0472. The summed E-state index contributed by atoms with van der Waals surface area (Å²) in [6.45, 7) is 2.14. The van der Waals surface area contributed by atoms with Crippen molar-refractivity contribution in [2.75, 3.05) is 7.05 Å². The Morgan fingerprint density at radius 3 is 2.41 bits per heavy atom. The first-order chi connectivity index (χ1) is 10.4. The maximum absolute atomic E-state index is 11.9. The van der Waals surface area contributed by atoms with E-state index in [4.69, 9.17) is 4.74 Å². The van der Waals surface area contributed by atoms with Crippen LogP contribution >= 0.6 is 0 Å². The second-order valence-corrected chi connectivity index (χ2v) is 6.68. The van der Waals surface area contributed by atoms with E-state index >= 15 is 0 Å². The SMILES string of the molecule is CNS(=O)(=O)c1ccc(C(=O)OCc2cccc(C)c2)cc1. The number of hydrogen-bond acceptors (Lipinski definition) is 4. The molecular weight excluding hydrogens is 302 g/mol. The molecule has 5 nitrogen and oxygen atoms in total. The maximum Gasteiger partial charge on any atom is 0.338 e. The van der Waals surface area contributed by atoms with Crippen molar-refractivity contribution in [3.05, 3.63) is 65.2 Å². The second-order valence-electron chi connectivity index (χ2n) is 4.80. The molecule has 0 spiro atoms. The second kappa shape index (κ2) is 6.72. The van der Waals surface area contributed by atoms with Crippen molar-refractivity contribution < 1.29 is 17.9 Å². The number of esters is 1. The lowest BCUT2D eigenvalue weighted by Gasteiger charge is -2.07. The fourth-order valence-corrected chi connectivity index (χ4v) is 2.65. The van der Waals surface area contributed by atoms with Gasteiger partial charge < -0.3 is 4.74 Å². The van der Waals surface area contributed by atoms with Gasteiger partial charge in [-0.05, 0) is 43.8 Å². The summed E-state index contributed by atoms with van der Waals surface area (Å²) >= 11 is 0. The molecule has 2 aromatic rings. The molecule has 1 N–H and O–H groups in total. The van der Waals surface area contributed by atoms with Gasteiger partial charge in [0, 0.05) is 0 Å². The Kier molecular flexibility index (Phi) is 4.95. The smallest absolute Gasteiger partial charge is 0.338 e. The van der Waals surface area contributed by atoms with Crippen molar-refractivity contribution in [2.45, 2.75) is 18.4 Å². The van der Waals surface area contributed by atoms with E-state index in [-0.39, 0.29) is 11.5 Å². The van der Waals surface area contributed by atoms with Crippen molar-refractivity contribution in [1.29, 1.82) is 0 Å². The van der Waals surface area contributed by atoms with Crippen LogP contribution in [0, 0.1) is 6.92 Å². The minimum absolute atomic E-state index is 0.102. The largest absolute Gasteiger partial charge is 0.457 e. The average molecular weight is 319 g/mol. The topological polar surface area (TPSA) is 72.5 Å². The van der Waals surface area contributed by atoms with Gasteiger partial charge in [0.1, 0.15) is 6.61 Å². The first-order valence-electron chi connectivity index (χ1n) is 6.68.